The fourth-order valence-corrected chi connectivity index (χ4v) is 3.47. The summed E-state index contributed by atoms with van der Waals surface area (Å²) >= 11 is 5.93. The van der Waals surface area contributed by atoms with Crippen LogP contribution in [0.15, 0.2) is 24.3 Å². The second-order valence-corrected chi connectivity index (χ2v) is 7.66. The van der Waals surface area contributed by atoms with E-state index < -0.39 is 5.54 Å². The number of likely N-dealkylation sites (N-methyl/N-ethyl adjacent to an activating group) is 1. The molecule has 1 amide bonds. The number of rotatable bonds is 8. The van der Waals surface area contributed by atoms with Gasteiger partial charge in [-0.3, -0.25) is 4.79 Å². The van der Waals surface area contributed by atoms with Crippen LogP contribution in [0.25, 0.3) is 0 Å². The predicted molar refractivity (Wildman–Crippen MR) is 107 cm³/mol. The van der Waals surface area contributed by atoms with Crippen LogP contribution in [-0.2, 0) is 9.53 Å². The molecule has 0 aromatic heterocycles. The van der Waals surface area contributed by atoms with Crippen LogP contribution in [0.4, 0.5) is 0 Å². The first kappa shape index (κ1) is 23.0. The maximum Gasteiger partial charge on any atom is 0.243 e. The van der Waals surface area contributed by atoms with E-state index in [-0.39, 0.29) is 29.8 Å². The molecule has 1 aliphatic rings. The van der Waals surface area contributed by atoms with Crippen molar-refractivity contribution in [1.82, 2.24) is 4.90 Å². The molecule has 2 atom stereocenters. The highest BCUT2D eigenvalue weighted by atomic mass is 35.5. The minimum Gasteiger partial charge on any atom is -0.493 e. The zero-order valence-corrected chi connectivity index (χ0v) is 17.5. The summed E-state index contributed by atoms with van der Waals surface area (Å²) in [5, 5.41) is 0.644. The molecule has 148 valence electrons. The van der Waals surface area contributed by atoms with Crippen molar-refractivity contribution in [3.8, 4) is 5.75 Å². The topological polar surface area (TPSA) is 64.8 Å². The van der Waals surface area contributed by atoms with Crippen LogP contribution in [0.2, 0.25) is 5.02 Å². The average Bonchev–Trinajstić information content (AvgIpc) is 2.57. The van der Waals surface area contributed by atoms with Gasteiger partial charge >= 0.3 is 0 Å². The second kappa shape index (κ2) is 9.27. The maximum atomic E-state index is 12.8. The van der Waals surface area contributed by atoms with E-state index in [2.05, 4.69) is 0 Å². The summed E-state index contributed by atoms with van der Waals surface area (Å²) < 4.78 is 11.4. The van der Waals surface area contributed by atoms with Crippen molar-refractivity contribution in [2.75, 3.05) is 26.8 Å². The standard InChI is InChI=1S/C19H29ClN2O3.ClH/c1-5-24-16-13-19(21,18(16,2)3)17(23)22(4)10-7-11-25-15-9-6-8-14(20)12-15;/h6,8-9,12,16H,5,7,10-11,13,21H2,1-4H3;1H. The van der Waals surface area contributed by atoms with Gasteiger partial charge in [0.25, 0.3) is 0 Å². The average molecular weight is 405 g/mol. The smallest absolute Gasteiger partial charge is 0.243 e. The van der Waals surface area contributed by atoms with E-state index in [0.717, 1.165) is 12.2 Å². The summed E-state index contributed by atoms with van der Waals surface area (Å²) in [6, 6.07) is 7.28. The summed E-state index contributed by atoms with van der Waals surface area (Å²) in [7, 11) is 1.79. The quantitative estimate of drug-likeness (QED) is 0.673. The highest BCUT2D eigenvalue weighted by Crippen LogP contribution is 2.50. The number of hydrogen-bond acceptors (Lipinski definition) is 4. The van der Waals surface area contributed by atoms with Gasteiger partial charge in [0.2, 0.25) is 5.91 Å². The number of benzene rings is 1. The molecule has 0 bridgehead atoms. The fraction of sp³-hybridized carbons (Fsp3) is 0.632. The highest BCUT2D eigenvalue weighted by Gasteiger charge is 2.63. The van der Waals surface area contributed by atoms with E-state index in [1.807, 2.05) is 32.9 Å². The molecule has 0 spiro atoms. The molecule has 26 heavy (non-hydrogen) atoms. The second-order valence-electron chi connectivity index (χ2n) is 7.23. The van der Waals surface area contributed by atoms with E-state index >= 15 is 0 Å². The number of halogens is 2. The lowest BCUT2D eigenvalue weighted by molar-refractivity contribution is -0.178. The normalized spacial score (nSPS) is 23.5. The van der Waals surface area contributed by atoms with E-state index in [4.69, 9.17) is 26.8 Å². The molecule has 1 saturated carbocycles. The van der Waals surface area contributed by atoms with Gasteiger partial charge in [0.1, 0.15) is 11.3 Å². The van der Waals surface area contributed by atoms with Crippen molar-refractivity contribution in [1.29, 1.82) is 0 Å². The summed E-state index contributed by atoms with van der Waals surface area (Å²) in [4.78, 5) is 14.5. The molecule has 0 radical (unpaired) electrons. The minimum absolute atomic E-state index is 0. The zero-order valence-electron chi connectivity index (χ0n) is 16.0. The number of nitrogens with zero attached hydrogens (tertiary/aromatic N) is 1. The Labute approximate surface area is 167 Å². The van der Waals surface area contributed by atoms with Gasteiger partial charge in [-0.1, -0.05) is 31.5 Å². The first-order valence-electron chi connectivity index (χ1n) is 8.76. The molecule has 1 fully saturated rings. The molecule has 0 heterocycles. The molecule has 0 aliphatic heterocycles. The van der Waals surface area contributed by atoms with Crippen LogP contribution in [-0.4, -0.2) is 49.3 Å². The van der Waals surface area contributed by atoms with Crippen molar-refractivity contribution >= 4 is 29.9 Å². The molecule has 0 saturated heterocycles. The summed E-state index contributed by atoms with van der Waals surface area (Å²) in [5.41, 5.74) is 5.21. The molecular weight excluding hydrogens is 375 g/mol. The number of hydrogen-bond donors (Lipinski definition) is 1. The molecule has 1 aromatic rings. The van der Waals surface area contributed by atoms with Crippen LogP contribution in [0, 0.1) is 5.41 Å². The van der Waals surface area contributed by atoms with Gasteiger partial charge < -0.3 is 20.1 Å². The Morgan fingerprint density at radius 2 is 2.12 bits per heavy atom. The summed E-state index contributed by atoms with van der Waals surface area (Å²) in [5.74, 6) is 0.702. The maximum absolute atomic E-state index is 12.8. The van der Waals surface area contributed by atoms with E-state index in [9.17, 15) is 4.79 Å². The number of amides is 1. The SMILES string of the molecule is CCOC1CC(N)(C(=O)N(C)CCCOc2cccc(Cl)c2)C1(C)C.Cl. The number of ether oxygens (including phenoxy) is 2. The Morgan fingerprint density at radius 1 is 1.42 bits per heavy atom. The van der Waals surface area contributed by atoms with Crippen LogP contribution >= 0.6 is 24.0 Å². The molecule has 5 nitrogen and oxygen atoms in total. The van der Waals surface area contributed by atoms with Gasteiger partial charge in [0.05, 0.1) is 12.7 Å². The first-order valence-corrected chi connectivity index (χ1v) is 9.14. The van der Waals surface area contributed by atoms with Gasteiger partial charge in [-0.2, -0.15) is 0 Å². The lowest BCUT2D eigenvalue weighted by Gasteiger charge is -2.58. The van der Waals surface area contributed by atoms with Gasteiger partial charge in [-0.05, 0) is 31.5 Å². The predicted octanol–water partition coefficient (Wildman–Crippen LogP) is 3.52. The van der Waals surface area contributed by atoms with Gasteiger partial charge in [-0.15, -0.1) is 12.4 Å². The Morgan fingerprint density at radius 3 is 2.69 bits per heavy atom. The monoisotopic (exact) mass is 404 g/mol. The number of carbonyl (C=O) groups excluding carboxylic acids is 1. The van der Waals surface area contributed by atoms with Crippen molar-refractivity contribution in [3.05, 3.63) is 29.3 Å². The van der Waals surface area contributed by atoms with Gasteiger partial charge in [-0.25, -0.2) is 0 Å². The Hall–Kier alpha value is -1.01. The van der Waals surface area contributed by atoms with E-state index in [0.29, 0.717) is 31.2 Å². The molecule has 2 N–H and O–H groups in total. The fourth-order valence-electron chi connectivity index (χ4n) is 3.29. The number of carbonyl (C=O) groups is 1. The Balaban J connectivity index is 0.00000338. The molecule has 1 aromatic carbocycles. The third-order valence-corrected chi connectivity index (χ3v) is 5.50. The summed E-state index contributed by atoms with van der Waals surface area (Å²) in [6.45, 7) is 7.71. The number of nitrogens with two attached hydrogens (primary N) is 1. The zero-order chi connectivity index (χ0) is 18.7. The van der Waals surface area contributed by atoms with Crippen molar-refractivity contribution in [2.45, 2.75) is 45.3 Å². The Bertz CT molecular complexity index is 612. The third kappa shape index (κ3) is 4.63. The van der Waals surface area contributed by atoms with Gasteiger partial charge in [0, 0.05) is 37.1 Å². The molecule has 2 unspecified atom stereocenters. The molecule has 2 rings (SSSR count). The van der Waals surface area contributed by atoms with E-state index in [1.165, 1.54) is 0 Å². The van der Waals surface area contributed by atoms with Crippen LogP contribution in [0.3, 0.4) is 0 Å². The first-order chi connectivity index (χ1) is 11.7. The summed E-state index contributed by atoms with van der Waals surface area (Å²) in [6.07, 6.45) is 1.32. The molecular formula is C19H30Cl2N2O3. The third-order valence-electron chi connectivity index (χ3n) is 5.26. The highest BCUT2D eigenvalue weighted by molar-refractivity contribution is 6.30. The van der Waals surface area contributed by atoms with Crippen molar-refractivity contribution < 1.29 is 14.3 Å². The lowest BCUT2D eigenvalue weighted by atomic mass is 9.54. The molecule has 7 heteroatoms. The van der Waals surface area contributed by atoms with Crippen LogP contribution in [0.5, 0.6) is 5.75 Å². The Kier molecular flexibility index (Phi) is 8.21. The van der Waals surface area contributed by atoms with Crippen molar-refractivity contribution in [2.24, 2.45) is 11.1 Å². The van der Waals surface area contributed by atoms with Crippen LogP contribution in [0.1, 0.15) is 33.6 Å². The van der Waals surface area contributed by atoms with Gasteiger partial charge in [0.15, 0.2) is 0 Å². The largest absolute Gasteiger partial charge is 0.493 e. The lowest BCUT2D eigenvalue weighted by Crippen LogP contribution is -2.75. The van der Waals surface area contributed by atoms with Crippen molar-refractivity contribution in [3.63, 3.8) is 0 Å². The van der Waals surface area contributed by atoms with Crippen LogP contribution < -0.4 is 10.5 Å². The minimum atomic E-state index is -0.866. The molecule has 1 aliphatic carbocycles. The van der Waals surface area contributed by atoms with E-state index in [1.54, 1.807) is 24.1 Å².